The molecule has 0 unspecified atom stereocenters. The van der Waals surface area contributed by atoms with Crippen LogP contribution in [0.1, 0.15) is 16.8 Å². The first-order chi connectivity index (χ1) is 11.6. The number of aromatic nitrogens is 1. The van der Waals surface area contributed by atoms with Crippen LogP contribution >= 0.6 is 11.3 Å². The summed E-state index contributed by atoms with van der Waals surface area (Å²) in [6.45, 7) is 8.05. The van der Waals surface area contributed by atoms with Crippen molar-refractivity contribution in [1.82, 2.24) is 14.8 Å². The van der Waals surface area contributed by atoms with E-state index >= 15 is 0 Å². The Hall–Kier alpha value is -1.92. The van der Waals surface area contributed by atoms with Crippen LogP contribution in [0.4, 0.5) is 0 Å². The molecule has 1 fully saturated rings. The van der Waals surface area contributed by atoms with Crippen molar-refractivity contribution in [3.8, 4) is 5.75 Å². The lowest BCUT2D eigenvalue weighted by atomic mass is 10.2. The third-order valence-corrected chi connectivity index (χ3v) is 5.03. The molecule has 0 saturated carbocycles. The first-order valence-corrected chi connectivity index (χ1v) is 9.07. The molecular formula is C18H23N3O2S. The third-order valence-electron chi connectivity index (χ3n) is 4.14. The molecule has 1 aromatic carbocycles. The monoisotopic (exact) mass is 345 g/mol. The molecule has 1 aliphatic rings. The van der Waals surface area contributed by atoms with E-state index in [0.29, 0.717) is 0 Å². The van der Waals surface area contributed by atoms with Crippen molar-refractivity contribution in [2.75, 3.05) is 26.2 Å². The minimum atomic E-state index is -0.455. The van der Waals surface area contributed by atoms with Crippen LogP contribution in [0.3, 0.4) is 0 Å². The molecule has 128 valence electrons. The molecule has 1 saturated heterocycles. The SMILES string of the molecule is Cc1ncc(CN2CCN(C(=O)[C@@H](C)Oc3ccccc3)CC2)s1. The summed E-state index contributed by atoms with van der Waals surface area (Å²) in [5, 5.41) is 1.10. The highest BCUT2D eigenvalue weighted by molar-refractivity contribution is 7.11. The Labute approximate surface area is 146 Å². The quantitative estimate of drug-likeness (QED) is 0.835. The maximum Gasteiger partial charge on any atom is 0.263 e. The Morgan fingerprint density at radius 1 is 1.25 bits per heavy atom. The predicted molar refractivity (Wildman–Crippen MR) is 95.2 cm³/mol. The lowest BCUT2D eigenvalue weighted by molar-refractivity contribution is -0.139. The van der Waals surface area contributed by atoms with Crippen LogP contribution in [-0.4, -0.2) is 53.0 Å². The Morgan fingerprint density at radius 2 is 1.96 bits per heavy atom. The van der Waals surface area contributed by atoms with Crippen LogP contribution in [-0.2, 0) is 11.3 Å². The van der Waals surface area contributed by atoms with Gasteiger partial charge in [-0.05, 0) is 26.0 Å². The molecule has 0 N–H and O–H groups in total. The van der Waals surface area contributed by atoms with Gasteiger partial charge in [0.2, 0.25) is 0 Å². The van der Waals surface area contributed by atoms with E-state index in [4.69, 9.17) is 4.74 Å². The smallest absolute Gasteiger partial charge is 0.263 e. The van der Waals surface area contributed by atoms with Crippen molar-refractivity contribution in [3.63, 3.8) is 0 Å². The number of piperazine rings is 1. The van der Waals surface area contributed by atoms with Gasteiger partial charge in [0.1, 0.15) is 5.75 Å². The molecule has 0 bridgehead atoms. The number of benzene rings is 1. The number of aryl methyl sites for hydroxylation is 1. The molecule has 1 amide bonds. The number of amides is 1. The molecule has 1 aliphatic heterocycles. The van der Waals surface area contributed by atoms with Gasteiger partial charge < -0.3 is 9.64 Å². The number of nitrogens with zero attached hydrogens (tertiary/aromatic N) is 3. The number of para-hydroxylation sites is 1. The summed E-state index contributed by atoms with van der Waals surface area (Å²) >= 11 is 1.74. The fourth-order valence-electron chi connectivity index (χ4n) is 2.84. The van der Waals surface area contributed by atoms with Gasteiger partial charge in [0.15, 0.2) is 6.10 Å². The van der Waals surface area contributed by atoms with Gasteiger partial charge in [0.05, 0.1) is 5.01 Å². The van der Waals surface area contributed by atoms with Crippen LogP contribution in [0.15, 0.2) is 36.5 Å². The fraction of sp³-hybridized carbons (Fsp3) is 0.444. The van der Waals surface area contributed by atoms with Gasteiger partial charge in [0.25, 0.3) is 5.91 Å². The number of ether oxygens (including phenoxy) is 1. The number of carbonyl (C=O) groups excluding carboxylic acids is 1. The van der Waals surface area contributed by atoms with E-state index < -0.39 is 6.10 Å². The lowest BCUT2D eigenvalue weighted by Gasteiger charge is -2.35. The maximum atomic E-state index is 12.5. The molecular weight excluding hydrogens is 322 g/mol. The maximum absolute atomic E-state index is 12.5. The lowest BCUT2D eigenvalue weighted by Crippen LogP contribution is -2.51. The van der Waals surface area contributed by atoms with Gasteiger partial charge in [-0.15, -0.1) is 11.3 Å². The van der Waals surface area contributed by atoms with E-state index in [1.165, 1.54) is 4.88 Å². The average molecular weight is 345 g/mol. The number of rotatable bonds is 5. The molecule has 6 heteroatoms. The largest absolute Gasteiger partial charge is 0.481 e. The molecule has 5 nitrogen and oxygen atoms in total. The third kappa shape index (κ3) is 4.33. The number of hydrogen-bond acceptors (Lipinski definition) is 5. The first kappa shape index (κ1) is 16.9. The van der Waals surface area contributed by atoms with E-state index in [-0.39, 0.29) is 5.91 Å². The number of thiazole rings is 1. The topological polar surface area (TPSA) is 45.7 Å². The molecule has 3 rings (SSSR count). The summed E-state index contributed by atoms with van der Waals surface area (Å²) in [7, 11) is 0. The second-order valence-corrected chi connectivity index (χ2v) is 7.34. The van der Waals surface area contributed by atoms with Gasteiger partial charge in [-0.25, -0.2) is 4.98 Å². The minimum Gasteiger partial charge on any atom is -0.481 e. The zero-order valence-electron chi connectivity index (χ0n) is 14.1. The van der Waals surface area contributed by atoms with Crippen LogP contribution in [0, 0.1) is 6.92 Å². The summed E-state index contributed by atoms with van der Waals surface area (Å²) in [6, 6.07) is 9.50. The van der Waals surface area contributed by atoms with Gasteiger partial charge in [-0.1, -0.05) is 18.2 Å². The molecule has 2 aromatic rings. The standard InChI is InChI=1S/C18H23N3O2S/c1-14(23-16-6-4-3-5-7-16)18(22)21-10-8-20(9-11-21)13-17-12-19-15(2)24-17/h3-7,12,14H,8-11,13H2,1-2H3/t14-/m1/s1. The molecule has 1 aromatic heterocycles. The van der Waals surface area contributed by atoms with Crippen molar-refractivity contribution < 1.29 is 9.53 Å². The zero-order valence-corrected chi connectivity index (χ0v) is 15.0. The van der Waals surface area contributed by atoms with Crippen molar-refractivity contribution >= 4 is 17.2 Å². The second kappa shape index (κ2) is 7.77. The number of carbonyl (C=O) groups is 1. The zero-order chi connectivity index (χ0) is 16.9. The van der Waals surface area contributed by atoms with Crippen LogP contribution in [0.2, 0.25) is 0 Å². The van der Waals surface area contributed by atoms with E-state index in [1.54, 1.807) is 11.3 Å². The summed E-state index contributed by atoms with van der Waals surface area (Å²) in [4.78, 5) is 22.4. The van der Waals surface area contributed by atoms with Crippen LogP contribution < -0.4 is 4.74 Å². The Bertz CT molecular complexity index is 666. The van der Waals surface area contributed by atoms with Crippen molar-refractivity contribution in [1.29, 1.82) is 0 Å². The van der Waals surface area contributed by atoms with E-state index in [9.17, 15) is 4.79 Å². The fourth-order valence-corrected chi connectivity index (χ4v) is 3.67. The first-order valence-electron chi connectivity index (χ1n) is 8.26. The van der Waals surface area contributed by atoms with Gasteiger partial charge >= 0.3 is 0 Å². The van der Waals surface area contributed by atoms with E-state index in [0.717, 1.165) is 43.5 Å². The summed E-state index contributed by atoms with van der Waals surface area (Å²) in [6.07, 6.45) is 1.50. The van der Waals surface area contributed by atoms with Gasteiger partial charge in [-0.3, -0.25) is 9.69 Å². The van der Waals surface area contributed by atoms with E-state index in [2.05, 4.69) is 9.88 Å². The van der Waals surface area contributed by atoms with Gasteiger partial charge in [-0.2, -0.15) is 0 Å². The Balaban J connectivity index is 1.47. The Morgan fingerprint density at radius 3 is 2.58 bits per heavy atom. The normalized spacial score (nSPS) is 16.8. The van der Waals surface area contributed by atoms with Crippen LogP contribution in [0.5, 0.6) is 5.75 Å². The molecule has 2 heterocycles. The molecule has 24 heavy (non-hydrogen) atoms. The van der Waals surface area contributed by atoms with Gasteiger partial charge in [0, 0.05) is 43.8 Å². The second-order valence-electron chi connectivity index (χ2n) is 6.02. The Kier molecular flexibility index (Phi) is 5.48. The molecule has 0 spiro atoms. The van der Waals surface area contributed by atoms with Crippen molar-refractivity contribution in [2.24, 2.45) is 0 Å². The van der Waals surface area contributed by atoms with Crippen molar-refractivity contribution in [2.45, 2.75) is 26.5 Å². The van der Waals surface area contributed by atoms with E-state index in [1.807, 2.05) is 55.3 Å². The minimum absolute atomic E-state index is 0.0622. The molecule has 0 aliphatic carbocycles. The highest BCUT2D eigenvalue weighted by Gasteiger charge is 2.26. The average Bonchev–Trinajstić information content (AvgIpc) is 3.00. The summed E-state index contributed by atoms with van der Waals surface area (Å²) in [5.74, 6) is 0.796. The van der Waals surface area contributed by atoms with Crippen molar-refractivity contribution in [3.05, 3.63) is 46.4 Å². The summed E-state index contributed by atoms with van der Waals surface area (Å²) < 4.78 is 5.74. The number of hydrogen-bond donors (Lipinski definition) is 0. The highest BCUT2D eigenvalue weighted by Crippen LogP contribution is 2.16. The molecule has 1 atom stereocenters. The predicted octanol–water partition coefficient (Wildman–Crippen LogP) is 2.56. The summed E-state index contributed by atoms with van der Waals surface area (Å²) in [5.41, 5.74) is 0. The van der Waals surface area contributed by atoms with Crippen LogP contribution in [0.25, 0.3) is 0 Å². The molecule has 0 radical (unpaired) electrons. The highest BCUT2D eigenvalue weighted by atomic mass is 32.1.